The number of nitrogens with zero attached hydrogens (tertiary/aromatic N) is 3. The van der Waals surface area contributed by atoms with Gasteiger partial charge in [-0.25, -0.2) is 0 Å². The number of carbonyl (C=O) groups is 1. The molecule has 2 aliphatic heterocycles. The van der Waals surface area contributed by atoms with Crippen LogP contribution in [-0.2, 0) is 10.2 Å². The van der Waals surface area contributed by atoms with Crippen molar-refractivity contribution in [1.82, 2.24) is 14.5 Å². The van der Waals surface area contributed by atoms with Gasteiger partial charge in [-0.05, 0) is 99.7 Å². The number of piperidine rings is 1. The molecule has 7 rings (SSSR count). The van der Waals surface area contributed by atoms with Crippen molar-refractivity contribution >= 4 is 28.5 Å². The Kier molecular flexibility index (Phi) is 6.31. The summed E-state index contributed by atoms with van der Waals surface area (Å²) >= 11 is 6.50. The summed E-state index contributed by atoms with van der Waals surface area (Å²) in [6.45, 7) is 2.16. The van der Waals surface area contributed by atoms with Crippen molar-refractivity contribution in [1.29, 1.82) is 0 Å². The van der Waals surface area contributed by atoms with Crippen LogP contribution in [0.4, 0.5) is 0 Å². The van der Waals surface area contributed by atoms with E-state index >= 15 is 0 Å². The fourth-order valence-corrected chi connectivity index (χ4v) is 8.48. The van der Waals surface area contributed by atoms with Crippen LogP contribution in [0.25, 0.3) is 16.6 Å². The number of hydrogen-bond acceptors (Lipinski definition) is 4. The highest BCUT2D eigenvalue weighted by Gasteiger charge is 2.47. The second-order valence-electron chi connectivity index (χ2n) is 12.3. The number of aromatic nitrogens is 2. The number of rotatable bonds is 3. The highest BCUT2D eigenvalue weighted by molar-refractivity contribution is 6.35. The predicted octanol–water partition coefficient (Wildman–Crippen LogP) is 6.43. The zero-order valence-corrected chi connectivity index (χ0v) is 23.1. The molecule has 3 fully saturated rings. The Bertz CT molecular complexity index is 1490. The molecule has 2 aliphatic carbocycles. The number of benzene rings is 2. The molecule has 0 atom stereocenters. The molecule has 1 N–H and O–H groups in total. The van der Waals surface area contributed by atoms with Crippen LogP contribution in [0.3, 0.4) is 0 Å². The molecule has 0 amide bonds. The first-order valence-electron chi connectivity index (χ1n) is 14.8. The Hall–Kier alpha value is -2.70. The number of hydrogen-bond donors (Lipinski definition) is 1. The minimum Gasteiger partial charge on any atom is -0.481 e. The number of fused-ring (bicyclic) bond motifs is 7. The molecule has 204 valence electrons. The topological polar surface area (TPSA) is 75.4 Å². The summed E-state index contributed by atoms with van der Waals surface area (Å²) in [6.07, 6.45) is 11.5. The van der Waals surface area contributed by atoms with Gasteiger partial charge in [0, 0.05) is 6.04 Å². The molecule has 7 heteroatoms. The van der Waals surface area contributed by atoms with E-state index in [1.165, 1.54) is 17.5 Å². The zero-order valence-electron chi connectivity index (χ0n) is 22.4. The van der Waals surface area contributed by atoms with Crippen molar-refractivity contribution in [2.45, 2.75) is 88.0 Å². The lowest BCUT2D eigenvalue weighted by molar-refractivity contribution is -0.143. The van der Waals surface area contributed by atoms with Crippen LogP contribution < -0.4 is 5.56 Å². The van der Waals surface area contributed by atoms with E-state index < -0.39 is 5.97 Å². The Labute approximate surface area is 234 Å². The first-order chi connectivity index (χ1) is 19.0. The molecule has 1 aromatic heterocycles. The molecule has 39 heavy (non-hydrogen) atoms. The largest absolute Gasteiger partial charge is 0.481 e. The summed E-state index contributed by atoms with van der Waals surface area (Å²) in [6, 6.07) is 13.3. The number of halogens is 1. The second kappa shape index (κ2) is 9.74. The molecule has 0 unspecified atom stereocenters. The molecule has 1 spiro atoms. The van der Waals surface area contributed by atoms with Crippen LogP contribution in [0.5, 0.6) is 0 Å². The normalized spacial score (nSPS) is 25.1. The van der Waals surface area contributed by atoms with E-state index in [2.05, 4.69) is 27.7 Å². The van der Waals surface area contributed by atoms with Crippen molar-refractivity contribution in [2.24, 2.45) is 5.92 Å². The highest BCUT2D eigenvalue weighted by Crippen LogP contribution is 2.52. The van der Waals surface area contributed by atoms with Crippen LogP contribution in [0.1, 0.15) is 93.5 Å². The van der Waals surface area contributed by atoms with Gasteiger partial charge < -0.3 is 10.0 Å². The van der Waals surface area contributed by atoms with Crippen molar-refractivity contribution in [3.63, 3.8) is 0 Å². The number of carboxylic acids is 1. The minimum absolute atomic E-state index is 0.153. The molecule has 2 aromatic carbocycles. The van der Waals surface area contributed by atoms with Crippen LogP contribution in [0.15, 0.2) is 41.2 Å². The van der Waals surface area contributed by atoms with Gasteiger partial charge in [0.2, 0.25) is 0 Å². The Morgan fingerprint density at radius 3 is 2.44 bits per heavy atom. The molecular weight excluding hydrogens is 510 g/mol. The van der Waals surface area contributed by atoms with Crippen molar-refractivity contribution in [3.05, 3.63) is 68.7 Å². The monoisotopic (exact) mass is 545 g/mol. The van der Waals surface area contributed by atoms with Crippen LogP contribution >= 0.6 is 11.6 Å². The van der Waals surface area contributed by atoms with Gasteiger partial charge in [-0.3, -0.25) is 14.2 Å². The lowest BCUT2D eigenvalue weighted by Gasteiger charge is -2.40. The first-order valence-corrected chi connectivity index (χ1v) is 15.2. The quantitative estimate of drug-likeness (QED) is 0.410. The minimum atomic E-state index is -0.627. The van der Waals surface area contributed by atoms with E-state index in [0.717, 1.165) is 94.3 Å². The van der Waals surface area contributed by atoms with E-state index in [9.17, 15) is 14.7 Å². The summed E-state index contributed by atoms with van der Waals surface area (Å²) in [7, 11) is 0. The molecule has 2 saturated carbocycles. The molecule has 3 aromatic rings. The molecule has 1 saturated heterocycles. The van der Waals surface area contributed by atoms with E-state index in [4.69, 9.17) is 16.6 Å². The standard InChI is InChI=1S/C32H36ClN3O3/c33-25-5-4-6-27-28(25)29(37)34-31-32(15-2-1-3-16-32)24-19-22(9-12-26(24)36(27)31)20-13-17-35(18-14-20)23-10-7-21(8-11-23)30(38)39/h4-6,9,12,19-21,23H,1-3,7-8,10-11,13-18H2,(H,38,39). The summed E-state index contributed by atoms with van der Waals surface area (Å²) in [5.74, 6) is 0.642. The molecule has 0 radical (unpaired) electrons. The molecule has 4 aliphatic rings. The SMILES string of the molecule is O=C(O)C1CCC(N2CCC(c3ccc4c(c3)C3(CCCCC3)c3nc(=O)c5c(Cl)cccc5n3-4)CC2)CC1. The molecule has 0 bridgehead atoms. The maximum Gasteiger partial charge on any atom is 0.306 e. The number of carboxylic acid groups (broad SMARTS) is 1. The van der Waals surface area contributed by atoms with Gasteiger partial charge in [0.15, 0.2) is 0 Å². The smallest absolute Gasteiger partial charge is 0.306 e. The van der Waals surface area contributed by atoms with Gasteiger partial charge in [0.25, 0.3) is 5.56 Å². The number of aliphatic carboxylic acids is 1. The fourth-order valence-electron chi connectivity index (χ4n) is 8.23. The van der Waals surface area contributed by atoms with Crippen molar-refractivity contribution in [2.75, 3.05) is 13.1 Å². The van der Waals surface area contributed by atoms with Crippen molar-refractivity contribution in [3.8, 4) is 5.69 Å². The van der Waals surface area contributed by atoms with E-state index in [1.807, 2.05) is 12.1 Å². The summed E-state index contributed by atoms with van der Waals surface area (Å²) in [4.78, 5) is 31.9. The lowest BCUT2D eigenvalue weighted by atomic mass is 9.69. The molecule has 6 nitrogen and oxygen atoms in total. The number of likely N-dealkylation sites (tertiary alicyclic amines) is 1. The lowest BCUT2D eigenvalue weighted by Crippen LogP contribution is -2.43. The third kappa shape index (κ3) is 4.05. The maximum absolute atomic E-state index is 13.2. The Morgan fingerprint density at radius 2 is 1.72 bits per heavy atom. The first kappa shape index (κ1) is 25.3. The van der Waals surface area contributed by atoms with Gasteiger partial charge >= 0.3 is 5.97 Å². The van der Waals surface area contributed by atoms with Gasteiger partial charge in [0.1, 0.15) is 5.82 Å². The van der Waals surface area contributed by atoms with Gasteiger partial charge in [-0.2, -0.15) is 4.98 Å². The van der Waals surface area contributed by atoms with E-state index in [1.54, 1.807) is 6.07 Å². The maximum atomic E-state index is 13.2. The van der Waals surface area contributed by atoms with Crippen molar-refractivity contribution < 1.29 is 9.90 Å². The summed E-state index contributed by atoms with van der Waals surface area (Å²) in [5.41, 5.74) is 4.34. The Balaban J connectivity index is 1.20. The predicted molar refractivity (Wildman–Crippen MR) is 153 cm³/mol. The third-order valence-corrected chi connectivity index (χ3v) is 10.7. The fraction of sp³-hybridized carbons (Fsp3) is 0.531. The van der Waals surface area contributed by atoms with Gasteiger partial charge in [0.05, 0.1) is 32.9 Å². The average Bonchev–Trinajstić information content (AvgIpc) is 3.22. The second-order valence-corrected chi connectivity index (χ2v) is 12.7. The van der Waals surface area contributed by atoms with Crippen LogP contribution in [-0.4, -0.2) is 44.7 Å². The van der Waals surface area contributed by atoms with E-state index in [-0.39, 0.29) is 16.9 Å². The molecular formula is C32H36ClN3O3. The van der Waals surface area contributed by atoms with Crippen LogP contribution in [0, 0.1) is 5.92 Å². The van der Waals surface area contributed by atoms with E-state index in [0.29, 0.717) is 22.4 Å². The van der Waals surface area contributed by atoms with Gasteiger partial charge in [-0.1, -0.05) is 49.1 Å². The highest BCUT2D eigenvalue weighted by atomic mass is 35.5. The zero-order chi connectivity index (χ0) is 26.7. The molecule has 3 heterocycles. The summed E-state index contributed by atoms with van der Waals surface area (Å²) < 4.78 is 2.23. The van der Waals surface area contributed by atoms with Crippen LogP contribution in [0.2, 0.25) is 5.02 Å². The van der Waals surface area contributed by atoms with Gasteiger partial charge in [-0.15, -0.1) is 0 Å². The summed E-state index contributed by atoms with van der Waals surface area (Å²) in [5, 5.41) is 10.3. The Morgan fingerprint density at radius 1 is 0.974 bits per heavy atom. The average molecular weight is 546 g/mol. The third-order valence-electron chi connectivity index (χ3n) is 10.3.